The first-order valence-corrected chi connectivity index (χ1v) is 5.51. The summed E-state index contributed by atoms with van der Waals surface area (Å²) in [6, 6.07) is 0. The van der Waals surface area contributed by atoms with E-state index in [0.29, 0.717) is 0 Å². The standard InChI is InChI=1S/C11H20N4/c1-9-10(12)3-4-14-11(9,2)15-7-5-13-6-8-15/h3-4,13-14H,5-8,12H2,1-2H3. The molecule has 0 aliphatic carbocycles. The largest absolute Gasteiger partial charge is 0.399 e. The summed E-state index contributed by atoms with van der Waals surface area (Å²) < 4.78 is 0. The summed E-state index contributed by atoms with van der Waals surface area (Å²) >= 11 is 0. The number of dihydropyridines is 1. The highest BCUT2D eigenvalue weighted by Gasteiger charge is 2.35. The smallest absolute Gasteiger partial charge is 0.112 e. The molecular formula is C11H20N4. The van der Waals surface area contributed by atoms with Crippen molar-refractivity contribution in [1.82, 2.24) is 15.5 Å². The number of hydrogen-bond donors (Lipinski definition) is 3. The molecule has 2 aliphatic rings. The first kappa shape index (κ1) is 10.5. The lowest BCUT2D eigenvalue weighted by molar-refractivity contribution is 0.0978. The Hall–Kier alpha value is -1.00. The molecule has 4 heteroatoms. The van der Waals surface area contributed by atoms with Gasteiger partial charge in [-0.2, -0.15) is 0 Å². The summed E-state index contributed by atoms with van der Waals surface area (Å²) in [7, 11) is 0. The van der Waals surface area contributed by atoms with Gasteiger partial charge in [0.2, 0.25) is 0 Å². The number of nitrogens with two attached hydrogens (primary N) is 1. The third-order valence-corrected chi connectivity index (χ3v) is 3.54. The second kappa shape index (κ2) is 3.87. The highest BCUT2D eigenvalue weighted by Crippen LogP contribution is 2.26. The molecule has 0 radical (unpaired) electrons. The zero-order valence-corrected chi connectivity index (χ0v) is 9.51. The summed E-state index contributed by atoms with van der Waals surface area (Å²) in [6.07, 6.45) is 3.88. The quantitative estimate of drug-likeness (QED) is 0.566. The van der Waals surface area contributed by atoms with Crippen LogP contribution in [0.1, 0.15) is 13.8 Å². The second-order valence-electron chi connectivity index (χ2n) is 4.37. The van der Waals surface area contributed by atoms with Gasteiger partial charge in [0.05, 0.1) is 0 Å². The Morgan fingerprint density at radius 2 is 2.07 bits per heavy atom. The first-order valence-electron chi connectivity index (χ1n) is 5.51. The van der Waals surface area contributed by atoms with E-state index in [1.54, 1.807) is 0 Å². The molecule has 0 aromatic carbocycles. The molecule has 0 amide bonds. The van der Waals surface area contributed by atoms with Gasteiger partial charge in [0, 0.05) is 38.1 Å². The van der Waals surface area contributed by atoms with Gasteiger partial charge in [-0.1, -0.05) is 0 Å². The zero-order valence-electron chi connectivity index (χ0n) is 9.51. The zero-order chi connectivity index (χ0) is 10.9. The highest BCUT2D eigenvalue weighted by molar-refractivity contribution is 5.33. The molecule has 4 N–H and O–H groups in total. The lowest BCUT2D eigenvalue weighted by atomic mass is 9.95. The van der Waals surface area contributed by atoms with Crippen molar-refractivity contribution < 1.29 is 0 Å². The Morgan fingerprint density at radius 1 is 1.40 bits per heavy atom. The molecule has 2 heterocycles. The van der Waals surface area contributed by atoms with E-state index in [0.717, 1.165) is 31.9 Å². The number of nitrogens with zero attached hydrogens (tertiary/aromatic N) is 1. The normalized spacial score (nSPS) is 32.9. The fourth-order valence-electron chi connectivity index (χ4n) is 2.25. The number of allylic oxidation sites excluding steroid dienone is 1. The Morgan fingerprint density at radius 3 is 2.73 bits per heavy atom. The van der Waals surface area contributed by atoms with E-state index < -0.39 is 0 Å². The van der Waals surface area contributed by atoms with Crippen LogP contribution >= 0.6 is 0 Å². The first-order chi connectivity index (χ1) is 7.14. The van der Waals surface area contributed by atoms with Crippen LogP contribution in [-0.2, 0) is 0 Å². The predicted molar refractivity (Wildman–Crippen MR) is 62.0 cm³/mol. The topological polar surface area (TPSA) is 53.3 Å². The van der Waals surface area contributed by atoms with Crippen LogP contribution in [0.15, 0.2) is 23.5 Å². The predicted octanol–water partition coefficient (Wildman–Crippen LogP) is -0.0426. The van der Waals surface area contributed by atoms with Crippen LogP contribution in [0.2, 0.25) is 0 Å². The van der Waals surface area contributed by atoms with Crippen LogP contribution in [0.3, 0.4) is 0 Å². The fraction of sp³-hybridized carbons (Fsp3) is 0.636. The maximum atomic E-state index is 5.97. The minimum Gasteiger partial charge on any atom is -0.399 e. The van der Waals surface area contributed by atoms with Crippen molar-refractivity contribution in [3.63, 3.8) is 0 Å². The van der Waals surface area contributed by atoms with Crippen molar-refractivity contribution in [2.75, 3.05) is 26.2 Å². The van der Waals surface area contributed by atoms with Gasteiger partial charge in [-0.15, -0.1) is 0 Å². The third kappa shape index (κ3) is 1.75. The van der Waals surface area contributed by atoms with Crippen LogP contribution in [0.25, 0.3) is 0 Å². The maximum Gasteiger partial charge on any atom is 0.112 e. The van der Waals surface area contributed by atoms with E-state index in [2.05, 4.69) is 29.4 Å². The molecule has 2 rings (SSSR count). The average molecular weight is 208 g/mol. The van der Waals surface area contributed by atoms with Crippen molar-refractivity contribution in [3.8, 4) is 0 Å². The van der Waals surface area contributed by atoms with Crippen molar-refractivity contribution in [1.29, 1.82) is 0 Å². The van der Waals surface area contributed by atoms with Crippen LogP contribution in [0.5, 0.6) is 0 Å². The summed E-state index contributed by atoms with van der Waals surface area (Å²) in [6.45, 7) is 8.52. The molecule has 15 heavy (non-hydrogen) atoms. The SMILES string of the molecule is CC1=C(N)C=CNC1(C)N1CCNCC1. The Bertz CT molecular complexity index is 302. The van der Waals surface area contributed by atoms with E-state index in [-0.39, 0.29) is 5.66 Å². The molecule has 0 aromatic rings. The summed E-state index contributed by atoms with van der Waals surface area (Å²) in [4.78, 5) is 2.44. The number of rotatable bonds is 1. The molecule has 1 fully saturated rings. The van der Waals surface area contributed by atoms with Gasteiger partial charge in [-0.05, 0) is 25.5 Å². The minimum absolute atomic E-state index is 0.110. The molecule has 1 unspecified atom stereocenters. The van der Waals surface area contributed by atoms with Gasteiger partial charge in [-0.3, -0.25) is 4.90 Å². The summed E-state index contributed by atoms with van der Waals surface area (Å²) in [5, 5.41) is 6.79. The van der Waals surface area contributed by atoms with Crippen molar-refractivity contribution >= 4 is 0 Å². The third-order valence-electron chi connectivity index (χ3n) is 3.54. The van der Waals surface area contributed by atoms with Crippen molar-refractivity contribution in [2.24, 2.45) is 5.73 Å². The van der Waals surface area contributed by atoms with Gasteiger partial charge in [0.1, 0.15) is 5.66 Å². The lowest BCUT2D eigenvalue weighted by Crippen LogP contribution is -2.62. The van der Waals surface area contributed by atoms with E-state index in [1.807, 2.05) is 12.3 Å². The molecule has 0 saturated carbocycles. The fourth-order valence-corrected chi connectivity index (χ4v) is 2.25. The molecule has 0 aromatic heterocycles. The monoisotopic (exact) mass is 208 g/mol. The summed E-state index contributed by atoms with van der Waals surface area (Å²) in [5.74, 6) is 0. The molecule has 2 aliphatic heterocycles. The molecule has 0 bridgehead atoms. The molecule has 4 nitrogen and oxygen atoms in total. The maximum absolute atomic E-state index is 5.97. The lowest BCUT2D eigenvalue weighted by Gasteiger charge is -2.46. The molecule has 1 atom stereocenters. The van der Waals surface area contributed by atoms with Crippen molar-refractivity contribution in [3.05, 3.63) is 23.5 Å². The Balaban J connectivity index is 2.22. The number of piperazine rings is 1. The van der Waals surface area contributed by atoms with Gasteiger partial charge in [-0.25, -0.2) is 0 Å². The Kier molecular flexibility index (Phi) is 2.71. The van der Waals surface area contributed by atoms with Crippen LogP contribution < -0.4 is 16.4 Å². The second-order valence-corrected chi connectivity index (χ2v) is 4.37. The van der Waals surface area contributed by atoms with E-state index >= 15 is 0 Å². The number of nitrogens with one attached hydrogen (secondary N) is 2. The van der Waals surface area contributed by atoms with Gasteiger partial charge < -0.3 is 16.4 Å². The molecule has 0 spiro atoms. The van der Waals surface area contributed by atoms with Crippen LogP contribution in [-0.4, -0.2) is 36.7 Å². The van der Waals surface area contributed by atoms with Gasteiger partial charge in [0.15, 0.2) is 0 Å². The van der Waals surface area contributed by atoms with E-state index in [1.165, 1.54) is 5.57 Å². The molecular weight excluding hydrogens is 188 g/mol. The minimum atomic E-state index is -0.110. The van der Waals surface area contributed by atoms with Gasteiger partial charge in [0.25, 0.3) is 0 Å². The average Bonchev–Trinajstić information content (AvgIpc) is 2.27. The molecule has 1 saturated heterocycles. The van der Waals surface area contributed by atoms with Crippen LogP contribution in [0, 0.1) is 0 Å². The van der Waals surface area contributed by atoms with E-state index in [4.69, 9.17) is 5.73 Å². The molecule has 84 valence electrons. The van der Waals surface area contributed by atoms with E-state index in [9.17, 15) is 0 Å². The summed E-state index contributed by atoms with van der Waals surface area (Å²) in [5.41, 5.74) is 7.96. The Labute approximate surface area is 91.2 Å². The highest BCUT2D eigenvalue weighted by atomic mass is 15.3. The van der Waals surface area contributed by atoms with Crippen LogP contribution in [0.4, 0.5) is 0 Å². The number of hydrogen-bond acceptors (Lipinski definition) is 4. The van der Waals surface area contributed by atoms with Gasteiger partial charge >= 0.3 is 0 Å². The van der Waals surface area contributed by atoms with Crippen molar-refractivity contribution in [2.45, 2.75) is 19.5 Å².